The van der Waals surface area contributed by atoms with Crippen LogP contribution >= 0.6 is 23.8 Å². The number of anilines is 1. The zero-order valence-corrected chi connectivity index (χ0v) is 16.5. The first-order valence-corrected chi connectivity index (χ1v) is 9.04. The number of hydrogen-bond acceptors (Lipinski definition) is 3. The van der Waals surface area contributed by atoms with Gasteiger partial charge in [0.2, 0.25) is 0 Å². The van der Waals surface area contributed by atoms with Gasteiger partial charge >= 0.3 is 0 Å². The fourth-order valence-corrected chi connectivity index (χ4v) is 3.19. The Labute approximate surface area is 163 Å². The molecule has 0 radical (unpaired) electrons. The highest BCUT2D eigenvalue weighted by atomic mass is 35.5. The van der Waals surface area contributed by atoms with Gasteiger partial charge in [0, 0.05) is 29.5 Å². The van der Waals surface area contributed by atoms with Gasteiger partial charge in [-0.3, -0.25) is 9.36 Å². The van der Waals surface area contributed by atoms with Crippen molar-refractivity contribution in [3.8, 4) is 0 Å². The molecule has 8 heteroatoms. The van der Waals surface area contributed by atoms with Gasteiger partial charge in [0.1, 0.15) is 0 Å². The van der Waals surface area contributed by atoms with E-state index in [4.69, 9.17) is 23.8 Å². The van der Waals surface area contributed by atoms with Crippen LogP contribution in [-0.4, -0.2) is 24.7 Å². The molecule has 2 N–H and O–H groups in total. The lowest BCUT2D eigenvalue weighted by molar-refractivity contribution is 0.687. The molecule has 2 heterocycles. The second kappa shape index (κ2) is 7.88. The van der Waals surface area contributed by atoms with Crippen LogP contribution in [0.25, 0.3) is 0 Å². The van der Waals surface area contributed by atoms with Gasteiger partial charge in [0.15, 0.2) is 5.11 Å². The quantitative estimate of drug-likeness (QED) is 0.653. The van der Waals surface area contributed by atoms with E-state index in [1.165, 1.54) is 0 Å². The summed E-state index contributed by atoms with van der Waals surface area (Å²) < 4.78 is 3.67. The molecule has 0 aliphatic carbocycles. The fourth-order valence-electron chi connectivity index (χ4n) is 2.70. The van der Waals surface area contributed by atoms with E-state index < -0.39 is 0 Å². The summed E-state index contributed by atoms with van der Waals surface area (Å²) >= 11 is 11.6. The Kier molecular flexibility index (Phi) is 5.58. The zero-order valence-electron chi connectivity index (χ0n) is 14.9. The van der Waals surface area contributed by atoms with Gasteiger partial charge < -0.3 is 10.6 Å². The van der Waals surface area contributed by atoms with E-state index >= 15 is 0 Å². The van der Waals surface area contributed by atoms with Crippen molar-refractivity contribution >= 4 is 34.6 Å². The smallest absolute Gasteiger partial charge is 0.171 e. The molecule has 1 unspecified atom stereocenters. The van der Waals surface area contributed by atoms with E-state index in [0.29, 0.717) is 11.7 Å². The topological polar surface area (TPSA) is 59.7 Å². The standard InChI is InChI=1S/C18H21ClN6S/c1-12(16-9-20-24(3)13(16)2)22-18(26)23-15-8-21-25(11-15)10-14-6-4-5-7-17(14)19/h4-9,11-12H,10H2,1-3H3,(H2,22,23,26). The lowest BCUT2D eigenvalue weighted by Crippen LogP contribution is -2.31. The van der Waals surface area contributed by atoms with Gasteiger partial charge in [-0.2, -0.15) is 10.2 Å². The number of rotatable bonds is 5. The minimum absolute atomic E-state index is 0.0573. The van der Waals surface area contributed by atoms with E-state index in [0.717, 1.165) is 27.5 Å². The van der Waals surface area contributed by atoms with Crippen LogP contribution in [0.2, 0.25) is 5.02 Å². The average Bonchev–Trinajstić information content (AvgIpc) is 3.17. The van der Waals surface area contributed by atoms with Gasteiger partial charge in [0.05, 0.1) is 30.7 Å². The molecular weight excluding hydrogens is 368 g/mol. The van der Waals surface area contributed by atoms with E-state index in [9.17, 15) is 0 Å². The number of nitrogens with zero attached hydrogens (tertiary/aromatic N) is 4. The largest absolute Gasteiger partial charge is 0.356 e. The molecule has 0 aliphatic rings. The molecule has 0 spiro atoms. The number of nitrogens with one attached hydrogen (secondary N) is 2. The molecule has 6 nitrogen and oxygen atoms in total. The van der Waals surface area contributed by atoms with Crippen molar-refractivity contribution in [1.29, 1.82) is 0 Å². The van der Waals surface area contributed by atoms with Gasteiger partial charge in [0.25, 0.3) is 0 Å². The molecule has 0 amide bonds. The summed E-state index contributed by atoms with van der Waals surface area (Å²) in [5, 5.41) is 16.3. The normalized spacial score (nSPS) is 12.0. The molecule has 136 valence electrons. The summed E-state index contributed by atoms with van der Waals surface area (Å²) in [6.45, 7) is 4.70. The molecule has 3 aromatic rings. The van der Waals surface area contributed by atoms with Crippen molar-refractivity contribution in [3.63, 3.8) is 0 Å². The minimum Gasteiger partial charge on any atom is -0.356 e. The van der Waals surface area contributed by atoms with Crippen LogP contribution in [0.15, 0.2) is 42.9 Å². The summed E-state index contributed by atoms with van der Waals surface area (Å²) in [5.74, 6) is 0. The number of halogens is 1. The van der Waals surface area contributed by atoms with Crippen LogP contribution in [0.5, 0.6) is 0 Å². The highest BCUT2D eigenvalue weighted by molar-refractivity contribution is 7.80. The van der Waals surface area contributed by atoms with Crippen molar-refractivity contribution in [3.05, 3.63) is 64.7 Å². The van der Waals surface area contributed by atoms with E-state index in [1.807, 2.05) is 60.0 Å². The Hall–Kier alpha value is -2.38. The maximum Gasteiger partial charge on any atom is 0.171 e. The molecule has 3 rings (SSSR count). The maximum atomic E-state index is 6.20. The van der Waals surface area contributed by atoms with Gasteiger partial charge in [-0.05, 0) is 37.7 Å². The SMILES string of the molecule is Cc1c(C(C)NC(=S)Nc2cnn(Cc3ccccc3Cl)c2)cnn1C. The van der Waals surface area contributed by atoms with Gasteiger partial charge in [-0.1, -0.05) is 29.8 Å². The number of thiocarbonyl (C=S) groups is 1. The maximum absolute atomic E-state index is 6.20. The van der Waals surface area contributed by atoms with Crippen molar-refractivity contribution in [2.75, 3.05) is 5.32 Å². The van der Waals surface area contributed by atoms with Crippen molar-refractivity contribution in [1.82, 2.24) is 24.9 Å². The summed E-state index contributed by atoms with van der Waals surface area (Å²) in [4.78, 5) is 0. The third kappa shape index (κ3) is 4.23. The molecule has 0 aliphatic heterocycles. The summed E-state index contributed by atoms with van der Waals surface area (Å²) in [7, 11) is 1.93. The molecule has 2 aromatic heterocycles. The van der Waals surface area contributed by atoms with Crippen LogP contribution < -0.4 is 10.6 Å². The third-order valence-corrected chi connectivity index (χ3v) is 4.86. The van der Waals surface area contributed by atoms with Crippen molar-refractivity contribution in [2.45, 2.75) is 26.4 Å². The Morgan fingerprint density at radius 2 is 2.04 bits per heavy atom. The molecular formula is C18H21ClN6S. The average molecular weight is 389 g/mol. The van der Waals surface area contributed by atoms with Crippen molar-refractivity contribution in [2.24, 2.45) is 7.05 Å². The lowest BCUT2D eigenvalue weighted by Gasteiger charge is -2.16. The zero-order chi connectivity index (χ0) is 18.7. The van der Waals surface area contributed by atoms with E-state index in [2.05, 4.69) is 27.8 Å². The first-order valence-electron chi connectivity index (χ1n) is 8.26. The van der Waals surface area contributed by atoms with Crippen LogP contribution in [0.3, 0.4) is 0 Å². The molecule has 0 saturated heterocycles. The molecule has 1 aromatic carbocycles. The lowest BCUT2D eigenvalue weighted by atomic mass is 10.1. The van der Waals surface area contributed by atoms with Gasteiger partial charge in [-0.25, -0.2) is 0 Å². The molecule has 1 atom stereocenters. The number of hydrogen-bond donors (Lipinski definition) is 2. The Bertz CT molecular complexity index is 916. The third-order valence-electron chi connectivity index (χ3n) is 4.27. The first-order chi connectivity index (χ1) is 12.4. The Morgan fingerprint density at radius 3 is 2.73 bits per heavy atom. The Morgan fingerprint density at radius 1 is 1.27 bits per heavy atom. The molecule has 0 bridgehead atoms. The predicted octanol–water partition coefficient (Wildman–Crippen LogP) is 3.67. The van der Waals surface area contributed by atoms with E-state index in [1.54, 1.807) is 6.20 Å². The second-order valence-electron chi connectivity index (χ2n) is 6.15. The predicted molar refractivity (Wildman–Crippen MR) is 108 cm³/mol. The van der Waals surface area contributed by atoms with Crippen LogP contribution in [0.4, 0.5) is 5.69 Å². The number of benzene rings is 1. The summed E-state index contributed by atoms with van der Waals surface area (Å²) in [6.07, 6.45) is 5.50. The highest BCUT2D eigenvalue weighted by Crippen LogP contribution is 2.18. The second-order valence-corrected chi connectivity index (χ2v) is 6.96. The number of aromatic nitrogens is 4. The van der Waals surface area contributed by atoms with Crippen LogP contribution in [0, 0.1) is 6.92 Å². The molecule has 26 heavy (non-hydrogen) atoms. The summed E-state index contributed by atoms with van der Waals surface area (Å²) in [6, 6.07) is 7.80. The molecule has 0 saturated carbocycles. The first kappa shape index (κ1) is 18.4. The van der Waals surface area contributed by atoms with Crippen molar-refractivity contribution < 1.29 is 0 Å². The highest BCUT2D eigenvalue weighted by Gasteiger charge is 2.13. The summed E-state index contributed by atoms with van der Waals surface area (Å²) in [5.41, 5.74) is 4.07. The van der Waals surface area contributed by atoms with E-state index in [-0.39, 0.29) is 6.04 Å². The number of aryl methyl sites for hydroxylation is 1. The minimum atomic E-state index is 0.0573. The molecule has 0 fully saturated rings. The monoisotopic (exact) mass is 388 g/mol. The Balaban J connectivity index is 1.59. The van der Waals surface area contributed by atoms with Gasteiger partial charge in [-0.15, -0.1) is 0 Å². The van der Waals surface area contributed by atoms with Crippen LogP contribution in [0.1, 0.15) is 29.8 Å². The van der Waals surface area contributed by atoms with Crippen LogP contribution in [-0.2, 0) is 13.6 Å². The fraction of sp³-hybridized carbons (Fsp3) is 0.278.